The van der Waals surface area contributed by atoms with Crippen LogP contribution in [0.4, 0.5) is 14.5 Å². The van der Waals surface area contributed by atoms with E-state index in [9.17, 15) is 13.6 Å². The molecule has 0 saturated carbocycles. The monoisotopic (exact) mass is 392 g/mol. The lowest BCUT2D eigenvalue weighted by Gasteiger charge is -2.38. The molecule has 2 aliphatic rings. The first-order valence-corrected chi connectivity index (χ1v) is 9.22. The number of benzene rings is 2. The lowest BCUT2D eigenvalue weighted by molar-refractivity contribution is -0.122. The second kappa shape index (κ2) is 7.09. The van der Waals surface area contributed by atoms with Gasteiger partial charge in [0.1, 0.15) is 5.75 Å². The van der Waals surface area contributed by atoms with E-state index in [0.29, 0.717) is 24.4 Å². The van der Waals surface area contributed by atoms with Gasteiger partial charge in [0.15, 0.2) is 0 Å². The second-order valence-corrected chi connectivity index (χ2v) is 7.46. The molecule has 0 aliphatic carbocycles. The zero-order valence-corrected chi connectivity index (χ0v) is 15.3. The van der Waals surface area contributed by atoms with Crippen molar-refractivity contribution in [2.45, 2.75) is 31.4 Å². The number of halogens is 3. The second-order valence-electron chi connectivity index (χ2n) is 7.03. The summed E-state index contributed by atoms with van der Waals surface area (Å²) in [6.45, 7) is -0.734. The largest absolute Gasteiger partial charge is 0.435 e. The number of piperidine rings is 1. The van der Waals surface area contributed by atoms with E-state index in [1.165, 1.54) is 6.07 Å². The van der Waals surface area contributed by atoms with Crippen molar-refractivity contribution in [2.24, 2.45) is 0 Å². The minimum atomic E-state index is -2.83. The highest BCUT2D eigenvalue weighted by atomic mass is 35.5. The smallest absolute Gasteiger partial charge is 0.387 e. The first-order valence-electron chi connectivity index (χ1n) is 8.84. The Kier molecular flexibility index (Phi) is 4.78. The van der Waals surface area contributed by atoms with Gasteiger partial charge in [-0.05, 0) is 67.4 Å². The average molecular weight is 393 g/mol. The number of carbonyl (C=O) groups is 1. The lowest BCUT2D eigenvalue weighted by atomic mass is 9.73. The van der Waals surface area contributed by atoms with Crippen molar-refractivity contribution in [3.05, 3.63) is 58.6 Å². The van der Waals surface area contributed by atoms with Crippen LogP contribution in [0.3, 0.4) is 0 Å². The maximum Gasteiger partial charge on any atom is 0.387 e. The number of amides is 1. The van der Waals surface area contributed by atoms with Crippen molar-refractivity contribution in [1.82, 2.24) is 4.90 Å². The third-order valence-corrected chi connectivity index (χ3v) is 5.65. The number of nitrogens with zero attached hydrogens (tertiary/aromatic N) is 1. The Labute approximate surface area is 161 Å². The number of nitrogens with one attached hydrogen (secondary N) is 1. The number of fused-ring (bicyclic) bond motifs is 2. The summed E-state index contributed by atoms with van der Waals surface area (Å²) in [6.07, 6.45) is 1.39. The molecular formula is C20H19ClF2N2O2. The summed E-state index contributed by atoms with van der Waals surface area (Å²) in [5.74, 6) is 0.196. The minimum Gasteiger partial charge on any atom is -0.435 e. The molecule has 1 amide bonds. The van der Waals surface area contributed by atoms with E-state index >= 15 is 0 Å². The number of ether oxygens (including phenoxy) is 1. The standard InChI is InChI=1S/C20H19ClF2N2O2/c21-14-4-5-17-16(11-14)20(18(26)24-17)6-8-25(9-7-20)12-13-2-1-3-15(10-13)27-19(22)23/h1-5,10-11,19H,6-9,12H2,(H,24,26). The van der Waals surface area contributed by atoms with E-state index in [1.807, 2.05) is 18.2 Å². The molecule has 1 fully saturated rings. The van der Waals surface area contributed by atoms with Crippen molar-refractivity contribution in [3.63, 3.8) is 0 Å². The molecule has 2 aromatic carbocycles. The molecule has 4 nitrogen and oxygen atoms in total. The predicted octanol–water partition coefficient (Wildman–Crippen LogP) is 4.43. The van der Waals surface area contributed by atoms with E-state index in [2.05, 4.69) is 15.0 Å². The van der Waals surface area contributed by atoms with Gasteiger partial charge < -0.3 is 10.1 Å². The Hall–Kier alpha value is -2.18. The first-order chi connectivity index (χ1) is 13.0. The average Bonchev–Trinajstić information content (AvgIpc) is 2.88. The van der Waals surface area contributed by atoms with Gasteiger partial charge in [0, 0.05) is 17.3 Å². The molecule has 0 atom stereocenters. The molecule has 1 saturated heterocycles. The Morgan fingerprint density at radius 2 is 1.96 bits per heavy atom. The number of anilines is 1. The molecule has 142 valence electrons. The van der Waals surface area contributed by atoms with Crippen LogP contribution >= 0.6 is 11.6 Å². The maximum atomic E-state index is 12.7. The van der Waals surface area contributed by atoms with Gasteiger partial charge in [0.05, 0.1) is 5.41 Å². The summed E-state index contributed by atoms with van der Waals surface area (Å²) in [4.78, 5) is 14.9. The van der Waals surface area contributed by atoms with Crippen LogP contribution in [0.1, 0.15) is 24.0 Å². The van der Waals surface area contributed by atoms with Crippen LogP contribution in [0.15, 0.2) is 42.5 Å². The summed E-state index contributed by atoms with van der Waals surface area (Å²) < 4.78 is 29.2. The topological polar surface area (TPSA) is 41.6 Å². The molecule has 1 N–H and O–H groups in total. The molecule has 2 heterocycles. The molecule has 0 radical (unpaired) electrons. The number of hydrogen-bond donors (Lipinski definition) is 1. The first kappa shape index (κ1) is 18.2. The van der Waals surface area contributed by atoms with Gasteiger partial charge in [-0.15, -0.1) is 0 Å². The van der Waals surface area contributed by atoms with Crippen molar-refractivity contribution in [3.8, 4) is 5.75 Å². The number of hydrogen-bond acceptors (Lipinski definition) is 3. The van der Waals surface area contributed by atoms with Crippen LogP contribution in [0.25, 0.3) is 0 Å². The quantitative estimate of drug-likeness (QED) is 0.837. The molecule has 4 rings (SSSR count). The summed E-state index contributed by atoms with van der Waals surface area (Å²) in [5.41, 5.74) is 2.20. The fraction of sp³-hybridized carbons (Fsp3) is 0.350. The fourth-order valence-corrected chi connectivity index (χ4v) is 4.23. The highest BCUT2D eigenvalue weighted by Gasteiger charge is 2.48. The molecule has 7 heteroatoms. The summed E-state index contributed by atoms with van der Waals surface area (Å²) >= 11 is 6.15. The summed E-state index contributed by atoms with van der Waals surface area (Å²) in [5, 5.41) is 3.60. The van der Waals surface area contributed by atoms with E-state index in [4.69, 9.17) is 11.6 Å². The molecule has 0 bridgehead atoms. The number of carbonyl (C=O) groups excluding carboxylic acids is 1. The summed E-state index contributed by atoms with van der Waals surface area (Å²) in [6, 6.07) is 12.3. The van der Waals surface area contributed by atoms with Crippen molar-refractivity contribution in [1.29, 1.82) is 0 Å². The van der Waals surface area contributed by atoms with Gasteiger partial charge in [0.2, 0.25) is 5.91 Å². The summed E-state index contributed by atoms with van der Waals surface area (Å²) in [7, 11) is 0. The normalized spacial score (nSPS) is 18.6. The molecule has 2 aliphatic heterocycles. The Bertz CT molecular complexity index is 867. The number of alkyl halides is 2. The highest BCUT2D eigenvalue weighted by Crippen LogP contribution is 2.45. The van der Waals surface area contributed by atoms with Crippen LogP contribution in [-0.4, -0.2) is 30.5 Å². The zero-order chi connectivity index (χ0) is 19.0. The van der Waals surface area contributed by atoms with Crippen molar-refractivity contribution < 1.29 is 18.3 Å². The molecule has 1 spiro atoms. The molecule has 27 heavy (non-hydrogen) atoms. The predicted molar refractivity (Wildman–Crippen MR) is 99.3 cm³/mol. The van der Waals surface area contributed by atoms with E-state index < -0.39 is 12.0 Å². The van der Waals surface area contributed by atoms with Crippen molar-refractivity contribution in [2.75, 3.05) is 18.4 Å². The SMILES string of the molecule is O=C1Nc2ccc(Cl)cc2C12CCN(Cc1cccc(OC(F)F)c1)CC2. The van der Waals surface area contributed by atoms with Gasteiger partial charge in [-0.1, -0.05) is 23.7 Å². The van der Waals surface area contributed by atoms with Gasteiger partial charge in [-0.3, -0.25) is 9.69 Å². The number of likely N-dealkylation sites (tertiary alicyclic amines) is 1. The molecular weight excluding hydrogens is 374 g/mol. The third kappa shape index (κ3) is 3.51. The Morgan fingerprint density at radius 1 is 1.19 bits per heavy atom. The van der Waals surface area contributed by atoms with Gasteiger partial charge in [0.25, 0.3) is 0 Å². The maximum absolute atomic E-state index is 12.7. The highest BCUT2D eigenvalue weighted by molar-refractivity contribution is 6.31. The fourth-order valence-electron chi connectivity index (χ4n) is 4.05. The third-order valence-electron chi connectivity index (χ3n) is 5.42. The minimum absolute atomic E-state index is 0.0340. The molecule has 2 aromatic rings. The van der Waals surface area contributed by atoms with Crippen molar-refractivity contribution >= 4 is 23.2 Å². The van der Waals surface area contributed by atoms with Crippen LogP contribution in [0.5, 0.6) is 5.75 Å². The van der Waals surface area contributed by atoms with Crippen LogP contribution in [-0.2, 0) is 16.8 Å². The van der Waals surface area contributed by atoms with Gasteiger partial charge >= 0.3 is 6.61 Å². The van der Waals surface area contributed by atoms with Crippen LogP contribution in [0, 0.1) is 0 Å². The van der Waals surface area contributed by atoms with E-state index in [-0.39, 0.29) is 11.7 Å². The Balaban J connectivity index is 1.46. The molecule has 0 unspecified atom stereocenters. The van der Waals surface area contributed by atoms with Gasteiger partial charge in [-0.25, -0.2) is 0 Å². The molecule has 0 aromatic heterocycles. The van der Waals surface area contributed by atoms with E-state index in [0.717, 1.165) is 29.9 Å². The van der Waals surface area contributed by atoms with Gasteiger partial charge in [-0.2, -0.15) is 8.78 Å². The Morgan fingerprint density at radius 3 is 2.70 bits per heavy atom. The number of rotatable bonds is 4. The van der Waals surface area contributed by atoms with E-state index in [1.54, 1.807) is 18.2 Å². The van der Waals surface area contributed by atoms with Crippen LogP contribution < -0.4 is 10.1 Å². The zero-order valence-electron chi connectivity index (χ0n) is 14.6. The lowest BCUT2D eigenvalue weighted by Crippen LogP contribution is -2.46. The van der Waals surface area contributed by atoms with Crippen LogP contribution in [0.2, 0.25) is 5.02 Å².